The molecule has 26 heavy (non-hydrogen) atoms. The normalized spacial score (nSPS) is 12.0. The van der Waals surface area contributed by atoms with Crippen molar-refractivity contribution in [1.82, 2.24) is 14.9 Å². The molecule has 3 heteroatoms. The molecule has 2 aromatic carbocycles. The number of nitrogens with one attached hydrogen (secondary N) is 1. The van der Waals surface area contributed by atoms with Crippen LogP contribution >= 0.6 is 0 Å². The molecule has 0 unspecified atom stereocenters. The molecule has 2 heterocycles. The predicted octanol–water partition coefficient (Wildman–Crippen LogP) is 5.37. The highest BCUT2D eigenvalue weighted by Crippen LogP contribution is 2.36. The van der Waals surface area contributed by atoms with Gasteiger partial charge in [-0.05, 0) is 73.6 Å². The van der Waals surface area contributed by atoms with E-state index in [4.69, 9.17) is 0 Å². The molecule has 0 saturated carbocycles. The molecular formula is C23H27N3. The SMILES string of the molecule is CCN(CC)CCc1ccc2[nH]c3c(C)c4ccncc4c(C)c3c2c1. The third-order valence-corrected chi connectivity index (χ3v) is 5.85. The van der Waals surface area contributed by atoms with Gasteiger partial charge in [0.15, 0.2) is 0 Å². The van der Waals surface area contributed by atoms with Gasteiger partial charge in [-0.25, -0.2) is 0 Å². The van der Waals surface area contributed by atoms with Crippen LogP contribution < -0.4 is 0 Å². The first-order valence-electron chi connectivity index (χ1n) is 9.63. The minimum Gasteiger partial charge on any atom is -0.354 e. The number of hydrogen-bond acceptors (Lipinski definition) is 2. The van der Waals surface area contributed by atoms with Gasteiger partial charge in [0, 0.05) is 40.6 Å². The van der Waals surface area contributed by atoms with Gasteiger partial charge in [0.25, 0.3) is 0 Å². The minimum atomic E-state index is 1.09. The van der Waals surface area contributed by atoms with Crippen LogP contribution in [0.1, 0.15) is 30.5 Å². The van der Waals surface area contributed by atoms with Gasteiger partial charge in [-0.1, -0.05) is 19.9 Å². The van der Waals surface area contributed by atoms with E-state index in [0.717, 1.165) is 26.1 Å². The summed E-state index contributed by atoms with van der Waals surface area (Å²) in [4.78, 5) is 10.5. The van der Waals surface area contributed by atoms with Gasteiger partial charge in [0.1, 0.15) is 0 Å². The lowest BCUT2D eigenvalue weighted by Gasteiger charge is -2.17. The van der Waals surface area contributed by atoms with Crippen molar-refractivity contribution in [2.45, 2.75) is 34.1 Å². The number of aromatic amines is 1. The fourth-order valence-corrected chi connectivity index (χ4v) is 4.18. The Kier molecular flexibility index (Phi) is 4.41. The van der Waals surface area contributed by atoms with Crippen molar-refractivity contribution in [2.24, 2.45) is 0 Å². The maximum atomic E-state index is 4.36. The molecule has 0 radical (unpaired) electrons. The van der Waals surface area contributed by atoms with Crippen molar-refractivity contribution in [1.29, 1.82) is 0 Å². The Morgan fingerprint density at radius 2 is 1.77 bits per heavy atom. The standard InChI is InChI=1S/C23H27N3/c1-5-26(6-2)12-10-17-7-8-21-19(13-17)22-15(3)20-14-24-11-9-18(20)16(4)23(22)25-21/h7-9,11,13-14,25H,5-6,10,12H2,1-4H3. The van der Waals surface area contributed by atoms with Crippen LogP contribution in [0.15, 0.2) is 36.7 Å². The average Bonchev–Trinajstić information content (AvgIpc) is 3.06. The van der Waals surface area contributed by atoms with Crippen LogP contribution in [0.5, 0.6) is 0 Å². The van der Waals surface area contributed by atoms with E-state index in [1.807, 2.05) is 12.4 Å². The van der Waals surface area contributed by atoms with Crippen LogP contribution in [0.25, 0.3) is 32.6 Å². The molecule has 0 aliphatic carbocycles. The van der Waals surface area contributed by atoms with E-state index in [0.29, 0.717) is 0 Å². The summed E-state index contributed by atoms with van der Waals surface area (Å²) in [6.07, 6.45) is 4.98. The van der Waals surface area contributed by atoms with Crippen LogP contribution in [0, 0.1) is 13.8 Å². The zero-order valence-corrected chi connectivity index (χ0v) is 16.2. The Hall–Kier alpha value is -2.39. The quantitative estimate of drug-likeness (QED) is 0.527. The first kappa shape index (κ1) is 17.0. The van der Waals surface area contributed by atoms with E-state index in [1.165, 1.54) is 49.3 Å². The molecule has 0 amide bonds. The molecule has 0 bridgehead atoms. The van der Waals surface area contributed by atoms with Crippen molar-refractivity contribution in [3.63, 3.8) is 0 Å². The zero-order valence-electron chi connectivity index (χ0n) is 16.2. The van der Waals surface area contributed by atoms with E-state index < -0.39 is 0 Å². The number of H-pyrrole nitrogens is 1. The first-order chi connectivity index (χ1) is 12.6. The number of benzene rings is 2. The molecule has 134 valence electrons. The largest absolute Gasteiger partial charge is 0.354 e. The minimum absolute atomic E-state index is 1.09. The van der Waals surface area contributed by atoms with Crippen molar-refractivity contribution in [3.05, 3.63) is 53.3 Å². The van der Waals surface area contributed by atoms with Gasteiger partial charge in [-0.3, -0.25) is 4.98 Å². The van der Waals surface area contributed by atoms with Gasteiger partial charge in [0.05, 0.1) is 5.52 Å². The van der Waals surface area contributed by atoms with Crippen molar-refractivity contribution in [2.75, 3.05) is 19.6 Å². The van der Waals surface area contributed by atoms with Gasteiger partial charge in [-0.15, -0.1) is 0 Å². The van der Waals surface area contributed by atoms with Gasteiger partial charge < -0.3 is 9.88 Å². The number of hydrogen-bond donors (Lipinski definition) is 1. The smallest absolute Gasteiger partial charge is 0.0503 e. The number of likely N-dealkylation sites (N-methyl/N-ethyl adjacent to an activating group) is 1. The lowest BCUT2D eigenvalue weighted by Crippen LogP contribution is -2.25. The van der Waals surface area contributed by atoms with E-state index in [9.17, 15) is 0 Å². The average molecular weight is 345 g/mol. The number of nitrogens with zero attached hydrogens (tertiary/aromatic N) is 2. The second-order valence-electron chi connectivity index (χ2n) is 7.20. The Balaban J connectivity index is 1.88. The second-order valence-corrected chi connectivity index (χ2v) is 7.20. The van der Waals surface area contributed by atoms with E-state index in [-0.39, 0.29) is 0 Å². The molecule has 0 saturated heterocycles. The predicted molar refractivity (Wildman–Crippen MR) is 112 cm³/mol. The summed E-state index contributed by atoms with van der Waals surface area (Å²) in [6.45, 7) is 12.2. The van der Waals surface area contributed by atoms with Crippen LogP contribution in [-0.4, -0.2) is 34.5 Å². The van der Waals surface area contributed by atoms with Crippen LogP contribution in [0.3, 0.4) is 0 Å². The van der Waals surface area contributed by atoms with Gasteiger partial charge in [-0.2, -0.15) is 0 Å². The monoisotopic (exact) mass is 345 g/mol. The third kappa shape index (κ3) is 2.67. The fourth-order valence-electron chi connectivity index (χ4n) is 4.18. The molecule has 4 aromatic rings. The summed E-state index contributed by atoms with van der Waals surface area (Å²) in [5.41, 5.74) is 6.52. The summed E-state index contributed by atoms with van der Waals surface area (Å²) in [7, 11) is 0. The molecule has 2 aromatic heterocycles. The maximum Gasteiger partial charge on any atom is 0.0503 e. The molecule has 0 aliphatic heterocycles. The second kappa shape index (κ2) is 6.73. The molecule has 0 spiro atoms. The number of rotatable bonds is 5. The van der Waals surface area contributed by atoms with Crippen molar-refractivity contribution in [3.8, 4) is 0 Å². The molecule has 4 rings (SSSR count). The number of pyridine rings is 1. The highest BCUT2D eigenvalue weighted by atomic mass is 15.1. The Morgan fingerprint density at radius 1 is 0.962 bits per heavy atom. The van der Waals surface area contributed by atoms with Crippen molar-refractivity contribution >= 4 is 32.6 Å². The van der Waals surface area contributed by atoms with Crippen molar-refractivity contribution < 1.29 is 0 Å². The van der Waals surface area contributed by atoms with Gasteiger partial charge >= 0.3 is 0 Å². The molecule has 0 fully saturated rings. The lowest BCUT2D eigenvalue weighted by molar-refractivity contribution is 0.308. The van der Waals surface area contributed by atoms with Crippen LogP contribution in [0.4, 0.5) is 0 Å². The zero-order chi connectivity index (χ0) is 18.3. The van der Waals surface area contributed by atoms with Crippen LogP contribution in [0.2, 0.25) is 0 Å². The molecule has 0 aliphatic rings. The van der Waals surface area contributed by atoms with E-state index in [1.54, 1.807) is 0 Å². The highest BCUT2D eigenvalue weighted by molar-refractivity contribution is 6.16. The number of fused-ring (bicyclic) bond motifs is 4. The van der Waals surface area contributed by atoms with E-state index >= 15 is 0 Å². The summed E-state index contributed by atoms with van der Waals surface area (Å²) >= 11 is 0. The molecule has 0 atom stereocenters. The summed E-state index contributed by atoms with van der Waals surface area (Å²) in [5, 5.41) is 5.23. The Morgan fingerprint density at radius 3 is 2.54 bits per heavy atom. The number of aryl methyl sites for hydroxylation is 2. The summed E-state index contributed by atoms with van der Waals surface area (Å²) in [6, 6.07) is 9.02. The van der Waals surface area contributed by atoms with Crippen LogP contribution in [-0.2, 0) is 6.42 Å². The topological polar surface area (TPSA) is 31.9 Å². The Bertz CT molecular complexity index is 1090. The van der Waals surface area contributed by atoms with E-state index in [2.05, 4.69) is 66.8 Å². The molecule has 1 N–H and O–H groups in total. The fraction of sp³-hybridized carbons (Fsp3) is 0.348. The first-order valence-corrected chi connectivity index (χ1v) is 9.63. The molecule has 3 nitrogen and oxygen atoms in total. The summed E-state index contributed by atoms with van der Waals surface area (Å²) < 4.78 is 0. The maximum absolute atomic E-state index is 4.36. The lowest BCUT2D eigenvalue weighted by atomic mass is 9.96. The highest BCUT2D eigenvalue weighted by Gasteiger charge is 2.14. The Labute approximate surface area is 155 Å². The number of aromatic nitrogens is 2. The summed E-state index contributed by atoms with van der Waals surface area (Å²) in [5.74, 6) is 0. The van der Waals surface area contributed by atoms with Gasteiger partial charge in [0.2, 0.25) is 0 Å². The third-order valence-electron chi connectivity index (χ3n) is 5.85. The molecular weight excluding hydrogens is 318 g/mol.